The Morgan fingerprint density at radius 3 is 1.46 bits per heavy atom. The van der Waals surface area contributed by atoms with E-state index in [4.69, 9.17) is 10.2 Å². The average Bonchev–Trinajstić information content (AvgIpc) is 2.62. The summed E-state index contributed by atoms with van der Waals surface area (Å²) in [5, 5.41) is 17.7. The first-order valence-corrected chi connectivity index (χ1v) is 6.90. The number of carbonyl (C=O) groups is 2. The van der Waals surface area contributed by atoms with Crippen molar-refractivity contribution in [3.63, 3.8) is 0 Å². The van der Waals surface area contributed by atoms with E-state index in [1.165, 1.54) is 24.5 Å². The van der Waals surface area contributed by atoms with Gasteiger partial charge in [0.05, 0.1) is 28.2 Å². The fraction of sp³-hybridized carbons (Fsp3) is 0. The molecule has 0 saturated carbocycles. The molecule has 0 aromatic carbocycles. The molecule has 0 spiro atoms. The minimum Gasteiger partial charge on any atom is -0.478 e. The smallest absolute Gasteiger partial charge is 0.337 e. The van der Waals surface area contributed by atoms with Crippen molar-refractivity contribution in [2.75, 3.05) is 0 Å². The Morgan fingerprint density at radius 2 is 1.08 bits per heavy atom. The Bertz CT molecular complexity index is 812. The van der Waals surface area contributed by atoms with Gasteiger partial charge in [0.25, 0.3) is 0 Å². The highest BCUT2D eigenvalue weighted by molar-refractivity contribution is 5.88. The SMILES string of the molecule is O=C(O)c1ccc(-c2ccc(-c3ccc(C(=O)O)cn3)nc2)nc1. The molecule has 0 fully saturated rings. The molecule has 118 valence electrons. The average molecular weight is 321 g/mol. The molecule has 0 saturated heterocycles. The molecule has 0 aliphatic heterocycles. The molecule has 0 bridgehead atoms. The first kappa shape index (κ1) is 15.3. The second-order valence-electron chi connectivity index (χ2n) is 4.91. The third-order valence-corrected chi connectivity index (χ3v) is 3.34. The molecule has 2 N–H and O–H groups in total. The zero-order valence-electron chi connectivity index (χ0n) is 12.2. The van der Waals surface area contributed by atoms with Crippen LogP contribution in [0.15, 0.2) is 55.0 Å². The Kier molecular flexibility index (Phi) is 3.98. The molecular weight excluding hydrogens is 310 g/mol. The number of carboxylic acids is 2. The Hall–Kier alpha value is -3.61. The first-order valence-electron chi connectivity index (χ1n) is 6.90. The van der Waals surface area contributed by atoms with Gasteiger partial charge in [-0.25, -0.2) is 9.59 Å². The van der Waals surface area contributed by atoms with E-state index in [1.54, 1.807) is 30.5 Å². The number of nitrogens with zero attached hydrogens (tertiary/aromatic N) is 3. The third-order valence-electron chi connectivity index (χ3n) is 3.34. The van der Waals surface area contributed by atoms with Gasteiger partial charge in [0.2, 0.25) is 0 Å². The molecule has 0 amide bonds. The summed E-state index contributed by atoms with van der Waals surface area (Å²) in [6.45, 7) is 0. The number of rotatable bonds is 4. The lowest BCUT2D eigenvalue weighted by Crippen LogP contribution is -1.98. The fourth-order valence-corrected chi connectivity index (χ4v) is 2.06. The van der Waals surface area contributed by atoms with Crippen LogP contribution in [0.4, 0.5) is 0 Å². The van der Waals surface area contributed by atoms with E-state index in [2.05, 4.69) is 15.0 Å². The highest BCUT2D eigenvalue weighted by Crippen LogP contribution is 2.20. The zero-order valence-corrected chi connectivity index (χ0v) is 12.2. The van der Waals surface area contributed by atoms with Crippen molar-refractivity contribution in [1.82, 2.24) is 15.0 Å². The first-order chi connectivity index (χ1) is 11.5. The highest BCUT2D eigenvalue weighted by Gasteiger charge is 2.08. The fourth-order valence-electron chi connectivity index (χ4n) is 2.06. The Balaban J connectivity index is 1.84. The van der Waals surface area contributed by atoms with E-state index >= 15 is 0 Å². The Labute approximate surface area is 136 Å². The number of pyridine rings is 3. The lowest BCUT2D eigenvalue weighted by atomic mass is 10.1. The summed E-state index contributed by atoms with van der Waals surface area (Å²) in [5.41, 5.74) is 2.72. The van der Waals surface area contributed by atoms with Crippen molar-refractivity contribution < 1.29 is 19.8 Å². The maximum Gasteiger partial charge on any atom is 0.337 e. The standard InChI is InChI=1S/C17H11N3O4/c21-16(22)11-2-4-13(18-8-11)10-1-5-14(19-7-10)15-6-3-12(9-20-15)17(23)24/h1-9H,(H,21,22)(H,23,24). The molecule has 3 aromatic heterocycles. The quantitative estimate of drug-likeness (QED) is 0.759. The predicted octanol–water partition coefficient (Wildman–Crippen LogP) is 2.60. The summed E-state index contributed by atoms with van der Waals surface area (Å²) in [6, 6.07) is 9.67. The third kappa shape index (κ3) is 3.09. The van der Waals surface area contributed by atoms with Crippen LogP contribution < -0.4 is 0 Å². The molecule has 3 aromatic rings. The highest BCUT2D eigenvalue weighted by atomic mass is 16.4. The van der Waals surface area contributed by atoms with Gasteiger partial charge >= 0.3 is 11.9 Å². The van der Waals surface area contributed by atoms with Crippen LogP contribution in [0.5, 0.6) is 0 Å². The van der Waals surface area contributed by atoms with E-state index in [-0.39, 0.29) is 11.1 Å². The number of aromatic carboxylic acids is 2. The summed E-state index contributed by atoms with van der Waals surface area (Å²) in [4.78, 5) is 34.1. The van der Waals surface area contributed by atoms with Crippen LogP contribution in [0.25, 0.3) is 22.6 Å². The summed E-state index contributed by atoms with van der Waals surface area (Å²) >= 11 is 0. The molecule has 0 aliphatic carbocycles. The molecule has 0 unspecified atom stereocenters. The maximum atomic E-state index is 10.8. The number of hydrogen-bond donors (Lipinski definition) is 2. The van der Waals surface area contributed by atoms with Crippen LogP contribution in [-0.2, 0) is 0 Å². The molecule has 0 aliphatic rings. The van der Waals surface area contributed by atoms with Gasteiger partial charge in [0.1, 0.15) is 0 Å². The van der Waals surface area contributed by atoms with Crippen molar-refractivity contribution >= 4 is 11.9 Å². The van der Waals surface area contributed by atoms with Crippen LogP contribution in [0.2, 0.25) is 0 Å². The normalized spacial score (nSPS) is 10.3. The van der Waals surface area contributed by atoms with Gasteiger partial charge in [-0.2, -0.15) is 0 Å². The van der Waals surface area contributed by atoms with Crippen LogP contribution in [0, 0.1) is 0 Å². The summed E-state index contributed by atoms with van der Waals surface area (Å²) < 4.78 is 0. The van der Waals surface area contributed by atoms with E-state index in [0.29, 0.717) is 17.1 Å². The summed E-state index contributed by atoms with van der Waals surface area (Å²) in [7, 11) is 0. The second-order valence-corrected chi connectivity index (χ2v) is 4.91. The molecule has 7 nitrogen and oxygen atoms in total. The molecular formula is C17H11N3O4. The lowest BCUT2D eigenvalue weighted by molar-refractivity contribution is 0.0685. The zero-order chi connectivity index (χ0) is 17.1. The van der Waals surface area contributed by atoms with Gasteiger partial charge in [0, 0.05) is 24.2 Å². The van der Waals surface area contributed by atoms with E-state index in [1.807, 2.05) is 0 Å². The number of aromatic nitrogens is 3. The second kappa shape index (κ2) is 6.25. The molecule has 0 radical (unpaired) electrons. The summed E-state index contributed by atoms with van der Waals surface area (Å²) in [6.07, 6.45) is 4.17. The van der Waals surface area contributed by atoms with E-state index < -0.39 is 11.9 Å². The van der Waals surface area contributed by atoms with Crippen LogP contribution in [0.1, 0.15) is 20.7 Å². The largest absolute Gasteiger partial charge is 0.478 e. The van der Waals surface area contributed by atoms with Crippen molar-refractivity contribution in [2.45, 2.75) is 0 Å². The van der Waals surface area contributed by atoms with E-state index in [9.17, 15) is 9.59 Å². The van der Waals surface area contributed by atoms with Crippen molar-refractivity contribution in [1.29, 1.82) is 0 Å². The van der Waals surface area contributed by atoms with Gasteiger partial charge in [-0.15, -0.1) is 0 Å². The molecule has 0 atom stereocenters. The van der Waals surface area contributed by atoms with Gasteiger partial charge in [-0.05, 0) is 36.4 Å². The van der Waals surface area contributed by atoms with E-state index in [0.717, 1.165) is 5.56 Å². The minimum absolute atomic E-state index is 0.109. The molecule has 3 heterocycles. The van der Waals surface area contributed by atoms with Gasteiger partial charge in [-0.3, -0.25) is 15.0 Å². The molecule has 7 heteroatoms. The van der Waals surface area contributed by atoms with Crippen LogP contribution >= 0.6 is 0 Å². The topological polar surface area (TPSA) is 113 Å². The van der Waals surface area contributed by atoms with Crippen LogP contribution in [0.3, 0.4) is 0 Å². The van der Waals surface area contributed by atoms with Gasteiger partial charge in [0.15, 0.2) is 0 Å². The van der Waals surface area contributed by atoms with Crippen molar-refractivity contribution in [2.24, 2.45) is 0 Å². The predicted molar refractivity (Wildman–Crippen MR) is 84.6 cm³/mol. The minimum atomic E-state index is -1.03. The Morgan fingerprint density at radius 1 is 0.625 bits per heavy atom. The lowest BCUT2D eigenvalue weighted by Gasteiger charge is -2.04. The number of hydrogen-bond acceptors (Lipinski definition) is 5. The van der Waals surface area contributed by atoms with Crippen molar-refractivity contribution in [3.8, 4) is 22.6 Å². The monoisotopic (exact) mass is 321 g/mol. The van der Waals surface area contributed by atoms with Gasteiger partial charge < -0.3 is 10.2 Å². The van der Waals surface area contributed by atoms with Gasteiger partial charge in [-0.1, -0.05) is 0 Å². The maximum absolute atomic E-state index is 10.8. The van der Waals surface area contributed by atoms with Crippen LogP contribution in [-0.4, -0.2) is 37.1 Å². The number of carboxylic acid groups (broad SMARTS) is 2. The summed E-state index contributed by atoms with van der Waals surface area (Å²) in [5.74, 6) is -2.06. The van der Waals surface area contributed by atoms with Crippen molar-refractivity contribution in [3.05, 3.63) is 66.1 Å². The molecule has 24 heavy (non-hydrogen) atoms. The molecule has 3 rings (SSSR count).